The summed E-state index contributed by atoms with van der Waals surface area (Å²) < 4.78 is 0. The van der Waals surface area contributed by atoms with E-state index < -0.39 is 11.9 Å². The normalized spacial score (nSPS) is 12.9. The Hall–Kier alpha value is -2.70. The van der Waals surface area contributed by atoms with Crippen molar-refractivity contribution < 1.29 is 9.59 Å². The Morgan fingerprint density at radius 3 is 2.36 bits per heavy atom. The molecule has 0 saturated carbocycles. The third kappa shape index (κ3) is 6.80. The molecule has 0 aliphatic heterocycles. The first-order valence-electron chi connectivity index (χ1n) is 9.78. The molecule has 0 aliphatic rings. The van der Waals surface area contributed by atoms with Crippen molar-refractivity contribution in [3.63, 3.8) is 0 Å². The fourth-order valence-corrected chi connectivity index (χ4v) is 3.00. The summed E-state index contributed by atoms with van der Waals surface area (Å²) in [6.07, 6.45) is 5.65. The first-order valence-corrected chi connectivity index (χ1v) is 9.78. The van der Waals surface area contributed by atoms with Crippen LogP contribution in [0.2, 0.25) is 13.6 Å². The molecule has 0 saturated heterocycles. The van der Waals surface area contributed by atoms with E-state index in [1.165, 1.54) is 18.6 Å². The van der Waals surface area contributed by atoms with Gasteiger partial charge in [0.15, 0.2) is 6.71 Å². The van der Waals surface area contributed by atoms with Crippen LogP contribution in [0.5, 0.6) is 0 Å². The number of carbonyl (C=O) groups is 2. The van der Waals surface area contributed by atoms with Gasteiger partial charge in [0.05, 0.1) is 6.20 Å². The molecule has 6 nitrogen and oxygen atoms in total. The third-order valence-electron chi connectivity index (χ3n) is 4.56. The van der Waals surface area contributed by atoms with Gasteiger partial charge in [-0.2, -0.15) is 0 Å². The highest BCUT2D eigenvalue weighted by Crippen LogP contribution is 2.10. The maximum Gasteiger partial charge on any atom is 0.272 e. The summed E-state index contributed by atoms with van der Waals surface area (Å²) in [6.45, 7) is 8.77. The molecule has 0 bridgehead atoms. The van der Waals surface area contributed by atoms with Gasteiger partial charge in [-0.3, -0.25) is 14.6 Å². The summed E-state index contributed by atoms with van der Waals surface area (Å²) in [5.74, 6) is -0.0665. The van der Waals surface area contributed by atoms with E-state index in [1.54, 1.807) is 0 Å². The van der Waals surface area contributed by atoms with Crippen LogP contribution in [0.4, 0.5) is 0 Å². The van der Waals surface area contributed by atoms with Gasteiger partial charge in [-0.15, -0.1) is 0 Å². The van der Waals surface area contributed by atoms with E-state index >= 15 is 0 Å². The zero-order valence-electron chi connectivity index (χ0n) is 17.1. The first kappa shape index (κ1) is 21.6. The summed E-state index contributed by atoms with van der Waals surface area (Å²) in [5, 5.41) is 5.96. The SMILES string of the molecule is CB(C)[C@H](CC(C)C)NC(=O)C(Cc1ccccc1)NC(=O)c1cnccn1. The van der Waals surface area contributed by atoms with Crippen LogP contribution in [-0.2, 0) is 11.2 Å². The molecule has 2 atom stereocenters. The zero-order valence-corrected chi connectivity index (χ0v) is 17.1. The first-order chi connectivity index (χ1) is 13.4. The third-order valence-corrected chi connectivity index (χ3v) is 4.56. The molecule has 2 aromatic rings. The average Bonchev–Trinajstić information content (AvgIpc) is 2.68. The van der Waals surface area contributed by atoms with Gasteiger partial charge in [-0.1, -0.05) is 57.8 Å². The lowest BCUT2D eigenvalue weighted by atomic mass is 9.47. The predicted molar refractivity (Wildman–Crippen MR) is 112 cm³/mol. The van der Waals surface area contributed by atoms with Gasteiger partial charge >= 0.3 is 0 Å². The number of hydrogen-bond acceptors (Lipinski definition) is 4. The van der Waals surface area contributed by atoms with E-state index in [0.29, 0.717) is 19.1 Å². The molecule has 0 radical (unpaired) electrons. The molecule has 2 amide bonds. The number of aromatic nitrogens is 2. The summed E-state index contributed by atoms with van der Waals surface area (Å²) in [4.78, 5) is 33.5. The van der Waals surface area contributed by atoms with Crippen molar-refractivity contribution in [1.29, 1.82) is 0 Å². The van der Waals surface area contributed by atoms with Crippen LogP contribution in [0.15, 0.2) is 48.9 Å². The topological polar surface area (TPSA) is 84.0 Å². The van der Waals surface area contributed by atoms with Gasteiger partial charge in [0.25, 0.3) is 5.91 Å². The van der Waals surface area contributed by atoms with E-state index in [9.17, 15) is 9.59 Å². The van der Waals surface area contributed by atoms with Crippen molar-refractivity contribution in [2.45, 2.75) is 52.3 Å². The van der Waals surface area contributed by atoms with Gasteiger partial charge in [-0.05, 0) is 17.9 Å². The van der Waals surface area contributed by atoms with Gasteiger partial charge in [0, 0.05) is 24.8 Å². The Labute approximate surface area is 167 Å². The van der Waals surface area contributed by atoms with Crippen molar-refractivity contribution in [2.75, 3.05) is 0 Å². The monoisotopic (exact) mass is 380 g/mol. The minimum atomic E-state index is -0.690. The van der Waals surface area contributed by atoms with Crippen LogP contribution >= 0.6 is 0 Å². The molecule has 0 aliphatic carbocycles. The molecule has 1 aromatic heterocycles. The number of amides is 2. The van der Waals surface area contributed by atoms with E-state index in [0.717, 1.165) is 12.0 Å². The molecule has 148 valence electrons. The summed E-state index contributed by atoms with van der Waals surface area (Å²) >= 11 is 0. The summed E-state index contributed by atoms with van der Waals surface area (Å²) in [6, 6.07) is 8.97. The molecule has 0 spiro atoms. The van der Waals surface area contributed by atoms with Crippen LogP contribution in [0, 0.1) is 5.92 Å². The Morgan fingerprint density at radius 1 is 1.07 bits per heavy atom. The van der Waals surface area contributed by atoms with E-state index in [1.807, 2.05) is 30.3 Å². The fraction of sp³-hybridized carbons (Fsp3) is 0.429. The lowest BCUT2D eigenvalue weighted by Crippen LogP contribution is -2.53. The largest absolute Gasteiger partial charge is 0.359 e. The average molecular weight is 380 g/mol. The Morgan fingerprint density at radius 2 is 1.79 bits per heavy atom. The number of carbonyl (C=O) groups excluding carboxylic acids is 2. The Bertz CT molecular complexity index is 754. The second-order valence-electron chi connectivity index (χ2n) is 7.80. The van der Waals surface area contributed by atoms with E-state index in [2.05, 4.69) is 48.1 Å². The fourth-order valence-electron chi connectivity index (χ4n) is 3.00. The number of benzene rings is 1. The molecule has 2 N–H and O–H groups in total. The van der Waals surface area contributed by atoms with E-state index in [4.69, 9.17) is 0 Å². The molecule has 1 unspecified atom stereocenters. The molecule has 1 aromatic carbocycles. The number of nitrogens with zero attached hydrogens (tertiary/aromatic N) is 2. The van der Waals surface area contributed by atoms with Gasteiger partial charge < -0.3 is 10.6 Å². The highest BCUT2D eigenvalue weighted by Gasteiger charge is 2.27. The molecule has 0 fully saturated rings. The molecule has 2 rings (SSSR count). The summed E-state index contributed by atoms with van der Waals surface area (Å²) in [5.41, 5.74) is 1.17. The number of hydrogen-bond donors (Lipinski definition) is 2. The Kier molecular flexibility index (Phi) is 8.17. The summed E-state index contributed by atoms with van der Waals surface area (Å²) in [7, 11) is 0. The van der Waals surface area contributed by atoms with Crippen molar-refractivity contribution in [3.8, 4) is 0 Å². The second kappa shape index (κ2) is 10.6. The van der Waals surface area contributed by atoms with Crippen molar-refractivity contribution in [1.82, 2.24) is 20.6 Å². The maximum absolute atomic E-state index is 13.0. The van der Waals surface area contributed by atoms with Crippen LogP contribution in [0.1, 0.15) is 36.3 Å². The molecular formula is C21H29BN4O2. The quantitative estimate of drug-likeness (QED) is 0.655. The van der Waals surface area contributed by atoms with Crippen LogP contribution in [0.3, 0.4) is 0 Å². The number of nitrogens with one attached hydrogen (secondary N) is 2. The smallest absolute Gasteiger partial charge is 0.272 e. The molecular weight excluding hydrogens is 351 g/mol. The number of rotatable bonds is 9. The minimum Gasteiger partial charge on any atom is -0.359 e. The lowest BCUT2D eigenvalue weighted by molar-refractivity contribution is -0.123. The molecule has 28 heavy (non-hydrogen) atoms. The van der Waals surface area contributed by atoms with Crippen LogP contribution in [0.25, 0.3) is 0 Å². The standard InChI is InChI=1S/C21H29BN4O2/c1-15(2)12-19(22(3)4)26-20(27)17(13-16-8-6-5-7-9-16)25-21(28)18-14-23-10-11-24-18/h5-11,14-15,17,19H,12-13H2,1-4H3,(H,25,28)(H,26,27)/t17?,19-/m0/s1. The van der Waals surface area contributed by atoms with Gasteiger partial charge in [-0.25, -0.2) is 4.98 Å². The molecule has 1 heterocycles. The van der Waals surface area contributed by atoms with Crippen LogP contribution < -0.4 is 10.6 Å². The van der Waals surface area contributed by atoms with Crippen molar-refractivity contribution >= 4 is 18.5 Å². The van der Waals surface area contributed by atoms with Gasteiger partial charge in [0.1, 0.15) is 11.7 Å². The maximum atomic E-state index is 13.0. The van der Waals surface area contributed by atoms with E-state index in [-0.39, 0.29) is 17.5 Å². The second-order valence-corrected chi connectivity index (χ2v) is 7.80. The lowest BCUT2D eigenvalue weighted by Gasteiger charge is -2.26. The van der Waals surface area contributed by atoms with Crippen molar-refractivity contribution in [3.05, 3.63) is 60.2 Å². The highest BCUT2D eigenvalue weighted by molar-refractivity contribution is 6.57. The van der Waals surface area contributed by atoms with Gasteiger partial charge in [0.2, 0.25) is 5.91 Å². The molecule has 7 heteroatoms. The minimum absolute atomic E-state index is 0.0548. The Balaban J connectivity index is 2.16. The highest BCUT2D eigenvalue weighted by atomic mass is 16.2. The van der Waals surface area contributed by atoms with Crippen molar-refractivity contribution in [2.24, 2.45) is 5.92 Å². The zero-order chi connectivity index (χ0) is 20.5. The van der Waals surface area contributed by atoms with Crippen LogP contribution in [-0.4, -0.2) is 40.5 Å². The predicted octanol–water partition coefficient (Wildman–Crippen LogP) is 2.64.